The summed E-state index contributed by atoms with van der Waals surface area (Å²) in [5.41, 5.74) is 0.831. The maximum Gasteiger partial charge on any atom is 0.245 e. The van der Waals surface area contributed by atoms with Gasteiger partial charge in [-0.3, -0.25) is 4.98 Å². The van der Waals surface area contributed by atoms with E-state index >= 15 is 0 Å². The van der Waals surface area contributed by atoms with E-state index in [-0.39, 0.29) is 16.0 Å². The minimum atomic E-state index is -3.83. The van der Waals surface area contributed by atoms with Crippen molar-refractivity contribution in [1.82, 2.24) is 14.6 Å². The quantitative estimate of drug-likeness (QED) is 0.854. The van der Waals surface area contributed by atoms with Crippen molar-refractivity contribution in [3.05, 3.63) is 47.2 Å². The second-order valence-electron chi connectivity index (χ2n) is 6.05. The van der Waals surface area contributed by atoms with Crippen LogP contribution in [-0.2, 0) is 10.0 Å². The van der Waals surface area contributed by atoms with Crippen LogP contribution in [-0.4, -0.2) is 50.6 Å². The van der Waals surface area contributed by atoms with Crippen LogP contribution in [0.5, 0.6) is 11.5 Å². The van der Waals surface area contributed by atoms with Crippen molar-refractivity contribution in [2.45, 2.75) is 10.9 Å². The predicted octanol–water partition coefficient (Wildman–Crippen LogP) is 1.84. The largest absolute Gasteiger partial charge is 0.486 e. The van der Waals surface area contributed by atoms with E-state index in [4.69, 9.17) is 21.1 Å². The molecular formula is C17H18ClN3O4S. The van der Waals surface area contributed by atoms with Gasteiger partial charge in [-0.25, -0.2) is 8.42 Å². The third kappa shape index (κ3) is 3.14. The number of rotatable bonds is 3. The maximum atomic E-state index is 13.4. The summed E-state index contributed by atoms with van der Waals surface area (Å²) < 4.78 is 39.2. The summed E-state index contributed by atoms with van der Waals surface area (Å²) in [5.74, 6) is 0.858. The number of nitrogens with one attached hydrogen (secondary N) is 1. The number of piperazine rings is 1. The first-order valence-electron chi connectivity index (χ1n) is 8.29. The molecule has 1 fully saturated rings. The van der Waals surface area contributed by atoms with Crippen molar-refractivity contribution in [2.24, 2.45) is 0 Å². The highest BCUT2D eigenvalue weighted by molar-refractivity contribution is 7.89. The molecule has 0 saturated carbocycles. The molecule has 26 heavy (non-hydrogen) atoms. The van der Waals surface area contributed by atoms with Crippen molar-refractivity contribution >= 4 is 21.6 Å². The first-order valence-corrected chi connectivity index (χ1v) is 10.1. The Morgan fingerprint density at radius 1 is 1.23 bits per heavy atom. The van der Waals surface area contributed by atoms with Crippen LogP contribution < -0.4 is 14.8 Å². The number of hydrogen-bond acceptors (Lipinski definition) is 6. The molecule has 2 aliphatic heterocycles. The van der Waals surface area contributed by atoms with E-state index in [9.17, 15) is 8.42 Å². The van der Waals surface area contributed by atoms with Crippen LogP contribution in [0.25, 0.3) is 0 Å². The topological polar surface area (TPSA) is 80.8 Å². The molecule has 9 heteroatoms. The Balaban J connectivity index is 1.75. The zero-order valence-corrected chi connectivity index (χ0v) is 15.5. The molecule has 3 heterocycles. The number of benzene rings is 1. The average Bonchev–Trinajstić information content (AvgIpc) is 2.68. The highest BCUT2D eigenvalue weighted by Crippen LogP contribution is 2.39. The van der Waals surface area contributed by atoms with Gasteiger partial charge >= 0.3 is 0 Å². The predicted molar refractivity (Wildman–Crippen MR) is 96.2 cm³/mol. The van der Waals surface area contributed by atoms with Gasteiger partial charge in [0.1, 0.15) is 18.1 Å². The van der Waals surface area contributed by atoms with E-state index in [2.05, 4.69) is 10.3 Å². The first kappa shape index (κ1) is 17.5. The van der Waals surface area contributed by atoms with Gasteiger partial charge in [0.2, 0.25) is 10.0 Å². The standard InChI is InChI=1S/C17H18ClN3O4S/c18-13-8-15-16(25-7-6-24-15)9-17(13)26(22,23)21-5-4-20-11-14(21)12-2-1-3-19-10-12/h1-3,8-10,14,20H,4-7,11H2. The number of hydrogen-bond donors (Lipinski definition) is 1. The van der Waals surface area contributed by atoms with E-state index in [1.807, 2.05) is 6.07 Å². The third-order valence-electron chi connectivity index (χ3n) is 4.45. The van der Waals surface area contributed by atoms with Gasteiger partial charge in [-0.15, -0.1) is 0 Å². The molecule has 4 rings (SSSR count). The first-order chi connectivity index (χ1) is 12.6. The van der Waals surface area contributed by atoms with Crippen molar-refractivity contribution < 1.29 is 17.9 Å². The summed E-state index contributed by atoms with van der Waals surface area (Å²) in [6.45, 7) is 2.20. The van der Waals surface area contributed by atoms with Gasteiger partial charge in [-0.1, -0.05) is 17.7 Å². The van der Waals surface area contributed by atoms with E-state index < -0.39 is 10.0 Å². The number of aromatic nitrogens is 1. The summed E-state index contributed by atoms with van der Waals surface area (Å²) in [5, 5.41) is 3.36. The normalized spacial score (nSPS) is 20.7. The van der Waals surface area contributed by atoms with Gasteiger partial charge in [0, 0.05) is 44.2 Å². The van der Waals surface area contributed by atoms with Gasteiger partial charge in [0.05, 0.1) is 11.1 Å². The van der Waals surface area contributed by atoms with Gasteiger partial charge in [0.15, 0.2) is 11.5 Å². The molecule has 0 spiro atoms. The van der Waals surface area contributed by atoms with Crippen LogP contribution in [0.3, 0.4) is 0 Å². The van der Waals surface area contributed by atoms with Gasteiger partial charge in [0.25, 0.3) is 0 Å². The van der Waals surface area contributed by atoms with Gasteiger partial charge in [-0.2, -0.15) is 4.31 Å². The molecule has 0 bridgehead atoms. The summed E-state index contributed by atoms with van der Waals surface area (Å²) >= 11 is 6.29. The molecule has 1 saturated heterocycles. The lowest BCUT2D eigenvalue weighted by Gasteiger charge is -2.35. The molecule has 0 aliphatic carbocycles. The van der Waals surface area contributed by atoms with Crippen LogP contribution in [0.1, 0.15) is 11.6 Å². The van der Waals surface area contributed by atoms with E-state index in [1.165, 1.54) is 16.4 Å². The number of fused-ring (bicyclic) bond motifs is 1. The van der Waals surface area contributed by atoms with Crippen molar-refractivity contribution in [3.8, 4) is 11.5 Å². The monoisotopic (exact) mass is 395 g/mol. The van der Waals surface area contributed by atoms with Gasteiger partial charge in [-0.05, 0) is 11.6 Å². The molecule has 0 radical (unpaired) electrons. The maximum absolute atomic E-state index is 13.4. The zero-order chi connectivity index (χ0) is 18.1. The Hall–Kier alpha value is -1.87. The molecule has 1 aromatic carbocycles. The summed E-state index contributed by atoms with van der Waals surface area (Å²) in [6, 6.07) is 6.27. The lowest BCUT2D eigenvalue weighted by atomic mass is 10.1. The molecule has 2 aliphatic rings. The van der Waals surface area contributed by atoms with E-state index in [0.29, 0.717) is 44.3 Å². The molecule has 1 unspecified atom stereocenters. The molecule has 1 N–H and O–H groups in total. The number of halogens is 1. The fraction of sp³-hybridized carbons (Fsp3) is 0.353. The molecular weight excluding hydrogens is 378 g/mol. The second-order valence-corrected chi connectivity index (χ2v) is 8.31. The highest BCUT2D eigenvalue weighted by Gasteiger charge is 2.36. The Kier molecular flexibility index (Phi) is 4.74. The van der Waals surface area contributed by atoms with Crippen LogP contribution in [0.4, 0.5) is 0 Å². The fourth-order valence-corrected chi connectivity index (χ4v) is 5.32. The third-order valence-corrected chi connectivity index (χ3v) is 6.82. The molecule has 138 valence electrons. The number of sulfonamides is 1. The summed E-state index contributed by atoms with van der Waals surface area (Å²) in [6.07, 6.45) is 3.35. The van der Waals surface area contributed by atoms with Crippen LogP contribution in [0.2, 0.25) is 5.02 Å². The van der Waals surface area contributed by atoms with Gasteiger partial charge < -0.3 is 14.8 Å². The minimum absolute atomic E-state index is 0.0270. The van der Waals surface area contributed by atoms with E-state index in [0.717, 1.165) is 5.56 Å². The minimum Gasteiger partial charge on any atom is -0.486 e. The Bertz CT molecular complexity index is 908. The zero-order valence-electron chi connectivity index (χ0n) is 13.9. The Morgan fingerprint density at radius 2 is 2.00 bits per heavy atom. The highest BCUT2D eigenvalue weighted by atomic mass is 35.5. The number of pyridine rings is 1. The lowest BCUT2D eigenvalue weighted by Crippen LogP contribution is -2.48. The molecule has 1 aromatic heterocycles. The smallest absolute Gasteiger partial charge is 0.245 e. The Morgan fingerprint density at radius 3 is 2.73 bits per heavy atom. The second kappa shape index (κ2) is 7.03. The number of nitrogens with zero attached hydrogens (tertiary/aromatic N) is 2. The van der Waals surface area contributed by atoms with Crippen LogP contribution >= 0.6 is 11.6 Å². The SMILES string of the molecule is O=S(=O)(c1cc2c(cc1Cl)OCCO2)N1CCNCC1c1cccnc1. The van der Waals surface area contributed by atoms with Crippen molar-refractivity contribution in [1.29, 1.82) is 0 Å². The van der Waals surface area contributed by atoms with Crippen LogP contribution in [0.15, 0.2) is 41.6 Å². The summed E-state index contributed by atoms with van der Waals surface area (Å²) in [7, 11) is -3.83. The van der Waals surface area contributed by atoms with Crippen molar-refractivity contribution in [2.75, 3.05) is 32.8 Å². The number of ether oxygens (including phenoxy) is 2. The lowest BCUT2D eigenvalue weighted by molar-refractivity contribution is 0.171. The van der Waals surface area contributed by atoms with Crippen molar-refractivity contribution in [3.63, 3.8) is 0 Å². The molecule has 1 atom stereocenters. The fourth-order valence-electron chi connectivity index (χ4n) is 3.20. The molecule has 2 aromatic rings. The molecule has 7 nitrogen and oxygen atoms in total. The average molecular weight is 396 g/mol. The van der Waals surface area contributed by atoms with E-state index in [1.54, 1.807) is 18.5 Å². The summed E-state index contributed by atoms with van der Waals surface area (Å²) in [4.78, 5) is 4.14. The Labute approximate surface area is 156 Å². The van der Waals surface area contributed by atoms with Crippen LogP contribution in [0, 0.1) is 0 Å². The molecule has 0 amide bonds.